The van der Waals surface area contributed by atoms with Gasteiger partial charge < -0.3 is 10.2 Å². The van der Waals surface area contributed by atoms with Crippen LogP contribution in [0.1, 0.15) is 23.6 Å². The molecule has 4 aromatic carbocycles. The van der Waals surface area contributed by atoms with Crippen molar-refractivity contribution in [3.8, 4) is 0 Å². The quantitative estimate of drug-likeness (QED) is 0.188. The maximum Gasteiger partial charge on any atom is 0.264 e. The van der Waals surface area contributed by atoms with Crippen molar-refractivity contribution in [2.75, 3.05) is 17.4 Å². The molecule has 1 N–H and O–H groups in total. The normalized spacial score (nSPS) is 11.9. The van der Waals surface area contributed by atoms with Gasteiger partial charge in [-0.15, -0.1) is 0 Å². The Morgan fingerprint density at radius 3 is 2.12 bits per heavy atom. The third kappa shape index (κ3) is 8.25. The van der Waals surface area contributed by atoms with Crippen LogP contribution in [0.2, 0.25) is 5.02 Å². The molecular weight excluding hydrogens is 650 g/mol. The molecule has 0 aliphatic heterocycles. The number of benzene rings is 4. The lowest BCUT2D eigenvalue weighted by Gasteiger charge is -2.34. The van der Waals surface area contributed by atoms with Crippen LogP contribution in [0.3, 0.4) is 0 Å². The first-order valence-corrected chi connectivity index (χ1v) is 16.4. The summed E-state index contributed by atoms with van der Waals surface area (Å²) < 4.78 is 30.1. The highest BCUT2D eigenvalue weighted by molar-refractivity contribution is 9.10. The smallest absolute Gasteiger partial charge is 0.264 e. The zero-order chi connectivity index (χ0) is 31.0. The zero-order valence-corrected chi connectivity index (χ0v) is 27.1. The Morgan fingerprint density at radius 2 is 1.49 bits per heavy atom. The SMILES string of the molecule is CCNC(=O)C(Cc1ccccc1)N(Cc1ccc(Br)cc1)C(=O)CN(c1ccccc1C)S(=O)(=O)c1ccc(Cl)cc1. The van der Waals surface area contributed by atoms with Gasteiger partial charge in [0.05, 0.1) is 10.6 Å². The van der Waals surface area contributed by atoms with Crippen LogP contribution in [0.5, 0.6) is 0 Å². The number of anilines is 1. The summed E-state index contributed by atoms with van der Waals surface area (Å²) in [6.07, 6.45) is 0.253. The molecule has 4 rings (SSSR count). The second kappa shape index (κ2) is 14.7. The Morgan fingerprint density at radius 1 is 0.860 bits per heavy atom. The number of nitrogens with one attached hydrogen (secondary N) is 1. The number of likely N-dealkylation sites (N-methyl/N-ethyl adjacent to an activating group) is 1. The topological polar surface area (TPSA) is 86.8 Å². The molecule has 7 nitrogen and oxygen atoms in total. The van der Waals surface area contributed by atoms with Crippen LogP contribution < -0.4 is 9.62 Å². The van der Waals surface area contributed by atoms with Gasteiger partial charge in [0.15, 0.2) is 0 Å². The van der Waals surface area contributed by atoms with Gasteiger partial charge in [-0.1, -0.05) is 88.2 Å². The molecular formula is C33H33BrClN3O4S. The molecule has 0 saturated carbocycles. The minimum absolute atomic E-state index is 0.00280. The number of nitrogens with zero attached hydrogens (tertiary/aromatic N) is 2. The second-order valence-electron chi connectivity index (χ2n) is 10.0. The van der Waals surface area contributed by atoms with Crippen LogP contribution in [0.4, 0.5) is 5.69 Å². The van der Waals surface area contributed by atoms with Crippen molar-refractivity contribution in [3.05, 3.63) is 129 Å². The van der Waals surface area contributed by atoms with E-state index in [0.29, 0.717) is 22.8 Å². The summed E-state index contributed by atoms with van der Waals surface area (Å²) in [6.45, 7) is 3.57. The molecule has 43 heavy (non-hydrogen) atoms. The van der Waals surface area contributed by atoms with Crippen LogP contribution >= 0.6 is 27.5 Å². The first-order valence-electron chi connectivity index (χ1n) is 13.8. The molecule has 10 heteroatoms. The third-order valence-corrected chi connectivity index (χ3v) is 9.51. The van der Waals surface area contributed by atoms with E-state index in [0.717, 1.165) is 19.9 Å². The van der Waals surface area contributed by atoms with E-state index in [4.69, 9.17) is 11.6 Å². The number of carbonyl (C=O) groups is 2. The van der Waals surface area contributed by atoms with Gasteiger partial charge in [-0.3, -0.25) is 13.9 Å². The van der Waals surface area contributed by atoms with Crippen molar-refractivity contribution in [3.63, 3.8) is 0 Å². The average Bonchev–Trinajstić information content (AvgIpc) is 3.00. The van der Waals surface area contributed by atoms with Crippen LogP contribution in [0.15, 0.2) is 112 Å². The van der Waals surface area contributed by atoms with E-state index < -0.39 is 28.5 Å². The van der Waals surface area contributed by atoms with Crippen LogP contribution in [0.25, 0.3) is 0 Å². The molecule has 0 aliphatic carbocycles. The molecule has 0 saturated heterocycles. The summed E-state index contributed by atoms with van der Waals surface area (Å²) >= 11 is 9.49. The molecule has 0 radical (unpaired) electrons. The molecule has 2 amide bonds. The van der Waals surface area contributed by atoms with Crippen molar-refractivity contribution < 1.29 is 18.0 Å². The van der Waals surface area contributed by atoms with Crippen LogP contribution in [0, 0.1) is 6.92 Å². The summed E-state index contributed by atoms with van der Waals surface area (Å²) in [5.41, 5.74) is 2.71. The Labute approximate surface area is 266 Å². The summed E-state index contributed by atoms with van der Waals surface area (Å²) in [7, 11) is -4.20. The van der Waals surface area contributed by atoms with Crippen LogP contribution in [-0.2, 0) is 32.6 Å². The first kappa shape index (κ1) is 32.3. The Balaban J connectivity index is 1.80. The first-order chi connectivity index (χ1) is 20.6. The van der Waals surface area contributed by atoms with Crippen molar-refractivity contribution in [2.45, 2.75) is 37.8 Å². The van der Waals surface area contributed by atoms with Crippen molar-refractivity contribution in [1.29, 1.82) is 0 Å². The van der Waals surface area contributed by atoms with E-state index in [1.807, 2.05) is 61.5 Å². The van der Waals surface area contributed by atoms with Gasteiger partial charge in [-0.2, -0.15) is 0 Å². The lowest BCUT2D eigenvalue weighted by Crippen LogP contribution is -2.53. The Hall–Kier alpha value is -3.66. The average molecular weight is 683 g/mol. The lowest BCUT2D eigenvalue weighted by molar-refractivity contribution is -0.140. The van der Waals surface area contributed by atoms with Gasteiger partial charge in [0, 0.05) is 29.0 Å². The number of amides is 2. The second-order valence-corrected chi connectivity index (χ2v) is 13.2. The predicted molar refractivity (Wildman–Crippen MR) is 174 cm³/mol. The van der Waals surface area contributed by atoms with Crippen LogP contribution in [-0.4, -0.2) is 44.3 Å². The molecule has 4 aromatic rings. The highest BCUT2D eigenvalue weighted by Crippen LogP contribution is 2.28. The number of aryl methyl sites for hydroxylation is 1. The number of para-hydroxylation sites is 1. The van der Waals surface area contributed by atoms with Crippen molar-refractivity contribution in [2.24, 2.45) is 0 Å². The van der Waals surface area contributed by atoms with Gasteiger partial charge in [0.1, 0.15) is 12.6 Å². The monoisotopic (exact) mass is 681 g/mol. The van der Waals surface area contributed by atoms with Gasteiger partial charge in [0.2, 0.25) is 11.8 Å². The molecule has 1 unspecified atom stereocenters. The van der Waals surface area contributed by atoms with E-state index in [9.17, 15) is 18.0 Å². The van der Waals surface area contributed by atoms with Crippen molar-refractivity contribution in [1.82, 2.24) is 10.2 Å². The van der Waals surface area contributed by atoms with E-state index in [2.05, 4.69) is 21.2 Å². The van der Waals surface area contributed by atoms with Gasteiger partial charge in [-0.05, 0) is 73.0 Å². The number of rotatable bonds is 12. The molecule has 1 atom stereocenters. The Bertz CT molecular complexity index is 1650. The fraction of sp³-hybridized carbons (Fsp3) is 0.212. The van der Waals surface area contributed by atoms with E-state index in [1.165, 1.54) is 29.2 Å². The lowest BCUT2D eigenvalue weighted by atomic mass is 10.0. The van der Waals surface area contributed by atoms with Gasteiger partial charge >= 0.3 is 0 Å². The molecule has 0 bridgehead atoms. The summed E-state index contributed by atoms with van der Waals surface area (Å²) in [5, 5.41) is 3.26. The molecule has 0 aliphatic rings. The highest BCUT2D eigenvalue weighted by Gasteiger charge is 2.34. The Kier molecular flexibility index (Phi) is 11.0. The number of hydrogen-bond donors (Lipinski definition) is 1. The number of halogens is 2. The van der Waals surface area contributed by atoms with E-state index in [-0.39, 0.29) is 23.8 Å². The molecule has 0 spiro atoms. The highest BCUT2D eigenvalue weighted by atomic mass is 79.9. The zero-order valence-electron chi connectivity index (χ0n) is 23.9. The largest absolute Gasteiger partial charge is 0.355 e. The fourth-order valence-electron chi connectivity index (χ4n) is 4.72. The van der Waals surface area contributed by atoms with Crippen molar-refractivity contribution >= 4 is 55.1 Å². The van der Waals surface area contributed by atoms with E-state index >= 15 is 0 Å². The predicted octanol–water partition coefficient (Wildman–Crippen LogP) is 6.38. The molecule has 0 heterocycles. The summed E-state index contributed by atoms with van der Waals surface area (Å²) in [5.74, 6) is -0.837. The van der Waals surface area contributed by atoms with Gasteiger partial charge in [-0.25, -0.2) is 8.42 Å². The minimum atomic E-state index is -4.20. The fourth-order valence-corrected chi connectivity index (χ4v) is 6.59. The third-order valence-electron chi connectivity index (χ3n) is 6.95. The van der Waals surface area contributed by atoms with E-state index in [1.54, 1.807) is 31.2 Å². The molecule has 0 aromatic heterocycles. The maximum atomic E-state index is 14.4. The van der Waals surface area contributed by atoms with Gasteiger partial charge in [0.25, 0.3) is 10.0 Å². The minimum Gasteiger partial charge on any atom is -0.355 e. The number of carbonyl (C=O) groups excluding carboxylic acids is 2. The summed E-state index contributed by atoms with van der Waals surface area (Å²) in [6, 6.07) is 28.8. The maximum absolute atomic E-state index is 14.4. The summed E-state index contributed by atoms with van der Waals surface area (Å²) in [4.78, 5) is 29.4. The standard InChI is InChI=1S/C33H33BrClN3O4S/c1-3-36-33(40)31(21-25-10-5-4-6-11-25)37(22-26-13-15-27(34)16-14-26)32(39)23-38(30-12-8-7-9-24(30)2)43(41,42)29-19-17-28(35)18-20-29/h4-20,31H,3,21-23H2,1-2H3,(H,36,40). The number of sulfonamides is 1. The molecule has 224 valence electrons. The molecule has 0 fully saturated rings. The number of hydrogen-bond acceptors (Lipinski definition) is 4.